The van der Waals surface area contributed by atoms with Crippen LogP contribution < -0.4 is 0 Å². The largest absolute Gasteiger partial charge is 0.505 e. The van der Waals surface area contributed by atoms with Crippen molar-refractivity contribution in [1.82, 2.24) is 0 Å². The Labute approximate surface area is 92.9 Å². The van der Waals surface area contributed by atoms with E-state index in [0.29, 0.717) is 12.1 Å². The Morgan fingerprint density at radius 1 is 1.69 bits per heavy atom. The van der Waals surface area contributed by atoms with Gasteiger partial charge in [-0.2, -0.15) is 0 Å². The molecule has 0 aromatic carbocycles. The van der Waals surface area contributed by atoms with Gasteiger partial charge in [-0.3, -0.25) is 9.98 Å². The quantitative estimate of drug-likeness (QED) is 0.710. The van der Waals surface area contributed by atoms with E-state index in [-0.39, 0.29) is 24.0 Å². The van der Waals surface area contributed by atoms with E-state index >= 15 is 0 Å². The van der Waals surface area contributed by atoms with Crippen LogP contribution in [0.2, 0.25) is 0 Å². The first-order chi connectivity index (χ1) is 7.74. The molecule has 0 spiro atoms. The van der Waals surface area contributed by atoms with Gasteiger partial charge in [0.2, 0.25) is 0 Å². The van der Waals surface area contributed by atoms with E-state index in [9.17, 15) is 9.90 Å². The van der Waals surface area contributed by atoms with Crippen molar-refractivity contribution in [2.24, 2.45) is 9.98 Å². The second kappa shape index (κ2) is 4.30. The van der Waals surface area contributed by atoms with E-state index in [0.717, 1.165) is 0 Å². The summed E-state index contributed by atoms with van der Waals surface area (Å²) in [6.07, 6.45) is 5.52. The number of aliphatic hydroxyl groups is 1. The van der Waals surface area contributed by atoms with Crippen molar-refractivity contribution in [3.8, 4) is 0 Å². The first-order valence-corrected chi connectivity index (χ1v) is 5.10. The average molecular weight is 220 g/mol. The van der Waals surface area contributed by atoms with Crippen molar-refractivity contribution in [2.75, 3.05) is 6.61 Å². The maximum absolute atomic E-state index is 11.5. The highest BCUT2D eigenvalue weighted by Crippen LogP contribution is 2.20. The molecule has 1 atom stereocenters. The molecule has 16 heavy (non-hydrogen) atoms. The van der Waals surface area contributed by atoms with Gasteiger partial charge in [0.25, 0.3) is 0 Å². The molecular formula is C11H12N2O3. The van der Waals surface area contributed by atoms with E-state index in [2.05, 4.69) is 9.98 Å². The first-order valence-electron chi connectivity index (χ1n) is 5.10. The van der Waals surface area contributed by atoms with Crippen LogP contribution in [-0.2, 0) is 9.53 Å². The minimum atomic E-state index is -0.570. The molecule has 0 bridgehead atoms. The number of carbonyl (C=O) groups excluding carboxylic acids is 1. The minimum Gasteiger partial charge on any atom is -0.505 e. The van der Waals surface area contributed by atoms with Crippen LogP contribution in [0, 0.1) is 0 Å². The fourth-order valence-electron chi connectivity index (χ4n) is 1.59. The van der Waals surface area contributed by atoms with Gasteiger partial charge >= 0.3 is 5.97 Å². The number of ether oxygens (including phenoxy) is 1. The van der Waals surface area contributed by atoms with Crippen molar-refractivity contribution >= 4 is 17.9 Å². The highest BCUT2D eigenvalue weighted by Gasteiger charge is 2.28. The van der Waals surface area contributed by atoms with Gasteiger partial charge in [0.1, 0.15) is 11.3 Å². The summed E-state index contributed by atoms with van der Waals surface area (Å²) in [5, 5.41) is 9.88. The third kappa shape index (κ3) is 1.76. The summed E-state index contributed by atoms with van der Waals surface area (Å²) in [5.74, 6) is -0.692. The number of nitrogens with zero attached hydrogens (tertiary/aromatic N) is 2. The number of dihydropyridines is 1. The van der Waals surface area contributed by atoms with Crippen LogP contribution in [-0.4, -0.2) is 35.7 Å². The lowest BCUT2D eigenvalue weighted by molar-refractivity contribution is -0.138. The Kier molecular flexibility index (Phi) is 2.85. The van der Waals surface area contributed by atoms with Crippen LogP contribution in [0.1, 0.15) is 13.3 Å². The third-order valence-corrected chi connectivity index (χ3v) is 2.37. The fourth-order valence-corrected chi connectivity index (χ4v) is 1.59. The molecule has 0 aromatic heterocycles. The summed E-state index contributed by atoms with van der Waals surface area (Å²) in [6, 6.07) is -0.178. The molecule has 2 rings (SSSR count). The van der Waals surface area contributed by atoms with Crippen molar-refractivity contribution in [1.29, 1.82) is 0 Å². The third-order valence-electron chi connectivity index (χ3n) is 2.37. The van der Waals surface area contributed by atoms with Gasteiger partial charge < -0.3 is 9.84 Å². The predicted molar refractivity (Wildman–Crippen MR) is 59.8 cm³/mol. The smallest absolute Gasteiger partial charge is 0.343 e. The molecule has 0 aliphatic carbocycles. The van der Waals surface area contributed by atoms with E-state index in [1.165, 1.54) is 6.21 Å². The molecule has 5 heteroatoms. The molecule has 2 heterocycles. The van der Waals surface area contributed by atoms with Gasteiger partial charge in [0.05, 0.1) is 12.6 Å². The van der Waals surface area contributed by atoms with Crippen LogP contribution in [0.4, 0.5) is 0 Å². The van der Waals surface area contributed by atoms with E-state index in [4.69, 9.17) is 4.74 Å². The molecule has 0 saturated heterocycles. The molecule has 2 aliphatic heterocycles. The van der Waals surface area contributed by atoms with Crippen molar-refractivity contribution in [3.63, 3.8) is 0 Å². The monoisotopic (exact) mass is 220 g/mol. The second-order valence-corrected chi connectivity index (χ2v) is 3.41. The Balaban J connectivity index is 2.32. The number of hydrogen-bond donors (Lipinski definition) is 1. The van der Waals surface area contributed by atoms with Gasteiger partial charge in [-0.1, -0.05) is 6.08 Å². The maximum Gasteiger partial charge on any atom is 0.343 e. The molecule has 84 valence electrons. The normalized spacial score (nSPS) is 22.8. The zero-order chi connectivity index (χ0) is 11.5. The maximum atomic E-state index is 11.5. The molecule has 1 unspecified atom stereocenters. The zero-order valence-corrected chi connectivity index (χ0v) is 8.88. The van der Waals surface area contributed by atoms with Gasteiger partial charge in [0.15, 0.2) is 5.76 Å². The summed E-state index contributed by atoms with van der Waals surface area (Å²) in [4.78, 5) is 19.7. The van der Waals surface area contributed by atoms with Gasteiger partial charge in [-0.25, -0.2) is 4.79 Å². The van der Waals surface area contributed by atoms with Crippen LogP contribution >= 0.6 is 0 Å². The number of esters is 1. The lowest BCUT2D eigenvalue weighted by Crippen LogP contribution is -2.29. The molecule has 2 aliphatic rings. The summed E-state index contributed by atoms with van der Waals surface area (Å²) < 4.78 is 4.81. The SMILES string of the molecule is CCOC(=O)C1=C(O)C2=NC=CCC2N=C1. The van der Waals surface area contributed by atoms with Gasteiger partial charge in [-0.15, -0.1) is 0 Å². The molecule has 1 N–H and O–H groups in total. The lowest BCUT2D eigenvalue weighted by atomic mass is 9.99. The Morgan fingerprint density at radius 2 is 2.50 bits per heavy atom. The molecule has 0 aromatic rings. The van der Waals surface area contributed by atoms with Crippen molar-refractivity contribution < 1.29 is 14.6 Å². The zero-order valence-electron chi connectivity index (χ0n) is 8.88. The molecule has 0 saturated carbocycles. The molecule has 5 nitrogen and oxygen atoms in total. The Hall–Kier alpha value is -1.91. The Morgan fingerprint density at radius 3 is 3.25 bits per heavy atom. The number of carbonyl (C=O) groups is 1. The van der Waals surface area contributed by atoms with Crippen molar-refractivity contribution in [2.45, 2.75) is 19.4 Å². The summed E-state index contributed by atoms with van der Waals surface area (Å²) in [6.45, 7) is 1.97. The van der Waals surface area contributed by atoms with E-state index in [1.807, 2.05) is 6.08 Å². The van der Waals surface area contributed by atoms with E-state index < -0.39 is 5.97 Å². The highest BCUT2D eigenvalue weighted by atomic mass is 16.5. The molecular weight excluding hydrogens is 208 g/mol. The van der Waals surface area contributed by atoms with Gasteiger partial charge in [-0.05, 0) is 13.3 Å². The standard InChI is InChI=1S/C11H12N2O3/c1-2-16-11(15)7-6-13-8-4-3-5-12-9(8)10(7)14/h3,5-6,8,14H,2,4H2,1H3. The topological polar surface area (TPSA) is 71.2 Å². The number of aliphatic imine (C=N–C) groups is 2. The predicted octanol–water partition coefficient (Wildman–Crippen LogP) is 1.17. The van der Waals surface area contributed by atoms with Crippen LogP contribution in [0.3, 0.4) is 0 Å². The summed E-state index contributed by atoms with van der Waals surface area (Å²) >= 11 is 0. The Bertz CT molecular complexity index is 433. The number of fused-ring (bicyclic) bond motifs is 1. The second-order valence-electron chi connectivity index (χ2n) is 3.41. The summed E-state index contributed by atoms with van der Waals surface area (Å²) in [7, 11) is 0. The van der Waals surface area contributed by atoms with Crippen LogP contribution in [0.25, 0.3) is 0 Å². The van der Waals surface area contributed by atoms with Gasteiger partial charge in [0, 0.05) is 12.4 Å². The van der Waals surface area contributed by atoms with Crippen LogP contribution in [0.5, 0.6) is 0 Å². The average Bonchev–Trinajstić information content (AvgIpc) is 2.30. The first kappa shape index (κ1) is 10.6. The highest BCUT2D eigenvalue weighted by molar-refractivity contribution is 6.20. The van der Waals surface area contributed by atoms with Crippen LogP contribution in [0.15, 0.2) is 33.6 Å². The molecule has 0 radical (unpaired) electrons. The number of rotatable bonds is 2. The fraction of sp³-hybridized carbons (Fsp3) is 0.364. The van der Waals surface area contributed by atoms with Crippen molar-refractivity contribution in [3.05, 3.63) is 23.6 Å². The number of hydrogen-bond acceptors (Lipinski definition) is 5. The summed E-state index contributed by atoms with van der Waals surface area (Å²) in [5.41, 5.74) is 0.514. The lowest BCUT2D eigenvalue weighted by Gasteiger charge is -2.20. The van der Waals surface area contributed by atoms with E-state index in [1.54, 1.807) is 13.1 Å². The molecule has 0 amide bonds. The molecule has 0 fully saturated rings. The minimum absolute atomic E-state index is 0.0761. The number of aliphatic hydroxyl groups excluding tert-OH is 1.